The summed E-state index contributed by atoms with van der Waals surface area (Å²) in [6.45, 7) is 3.77. The maximum absolute atomic E-state index is 12.4. The van der Waals surface area contributed by atoms with Crippen molar-refractivity contribution < 1.29 is 19.4 Å². The van der Waals surface area contributed by atoms with Crippen molar-refractivity contribution in [1.29, 1.82) is 0 Å². The van der Waals surface area contributed by atoms with Crippen molar-refractivity contribution in [3.8, 4) is 5.75 Å². The highest BCUT2D eigenvalue weighted by Crippen LogP contribution is 2.29. The molecule has 0 spiro atoms. The number of hydrogen-bond acceptors (Lipinski definition) is 4. The van der Waals surface area contributed by atoms with Crippen LogP contribution >= 0.6 is 0 Å². The zero-order valence-electron chi connectivity index (χ0n) is 11.8. The fourth-order valence-corrected chi connectivity index (χ4v) is 2.01. The Morgan fingerprint density at radius 3 is 2.65 bits per heavy atom. The number of hydrogen-bond donors (Lipinski definition) is 1. The highest BCUT2D eigenvalue weighted by molar-refractivity contribution is 5.96. The van der Waals surface area contributed by atoms with E-state index in [2.05, 4.69) is 0 Å². The summed E-state index contributed by atoms with van der Waals surface area (Å²) in [7, 11) is 0. The van der Waals surface area contributed by atoms with Gasteiger partial charge in [0.1, 0.15) is 12.3 Å². The second kappa shape index (κ2) is 5.94. The van der Waals surface area contributed by atoms with Gasteiger partial charge in [-0.3, -0.25) is 9.59 Å². The first-order valence-corrected chi connectivity index (χ1v) is 6.79. The normalized spacial score (nSPS) is 13.9. The van der Waals surface area contributed by atoms with Gasteiger partial charge in [-0.2, -0.15) is 0 Å². The van der Waals surface area contributed by atoms with Crippen LogP contribution in [0, 0.1) is 6.92 Å². The van der Waals surface area contributed by atoms with Crippen LogP contribution in [0.3, 0.4) is 0 Å². The lowest BCUT2D eigenvalue weighted by Crippen LogP contribution is -2.38. The molecule has 2 rings (SSSR count). The fourth-order valence-electron chi connectivity index (χ4n) is 2.01. The zero-order valence-corrected chi connectivity index (χ0v) is 11.8. The largest absolute Gasteiger partial charge is 0.508 e. The van der Waals surface area contributed by atoms with Crippen molar-refractivity contribution in [3.63, 3.8) is 0 Å². The molecule has 5 heteroatoms. The number of carbonyl (C=O) groups excluding carboxylic acids is 2. The molecule has 0 aromatic heterocycles. The lowest BCUT2D eigenvalue weighted by atomic mass is 10.1. The summed E-state index contributed by atoms with van der Waals surface area (Å²) in [5.41, 5.74) is 1.11. The van der Waals surface area contributed by atoms with Gasteiger partial charge in [-0.1, -0.05) is 6.07 Å². The second-order valence-electron chi connectivity index (χ2n) is 4.97. The van der Waals surface area contributed by atoms with Crippen molar-refractivity contribution >= 4 is 11.9 Å². The summed E-state index contributed by atoms with van der Waals surface area (Å²) >= 11 is 0. The predicted octanol–water partition coefficient (Wildman–Crippen LogP) is 1.87. The molecule has 1 N–H and O–H groups in total. The summed E-state index contributed by atoms with van der Waals surface area (Å²) in [5, 5.41) is 9.69. The molecular formula is C15H19NO4. The van der Waals surface area contributed by atoms with Crippen molar-refractivity contribution in [3.05, 3.63) is 29.3 Å². The van der Waals surface area contributed by atoms with Gasteiger partial charge in [0.15, 0.2) is 0 Å². The van der Waals surface area contributed by atoms with Crippen LogP contribution < -0.4 is 0 Å². The SMILES string of the molecule is CCOC(=O)CN(C(=O)c1ccc(C)c(O)c1)C1CC1. The van der Waals surface area contributed by atoms with Gasteiger partial charge >= 0.3 is 5.97 Å². The molecule has 108 valence electrons. The number of aryl methyl sites for hydroxylation is 1. The van der Waals surface area contributed by atoms with Crippen LogP contribution in [0.5, 0.6) is 5.75 Å². The fraction of sp³-hybridized carbons (Fsp3) is 0.467. The summed E-state index contributed by atoms with van der Waals surface area (Å²) in [6, 6.07) is 4.91. The Kier molecular flexibility index (Phi) is 4.27. The average molecular weight is 277 g/mol. The van der Waals surface area contributed by atoms with Gasteiger partial charge < -0.3 is 14.7 Å². The average Bonchev–Trinajstić information content (AvgIpc) is 3.23. The third kappa shape index (κ3) is 3.29. The molecule has 5 nitrogen and oxygen atoms in total. The number of benzene rings is 1. The van der Waals surface area contributed by atoms with Crippen LogP contribution in [0.25, 0.3) is 0 Å². The quantitative estimate of drug-likeness (QED) is 0.834. The van der Waals surface area contributed by atoms with Gasteiger partial charge in [-0.25, -0.2) is 0 Å². The standard InChI is InChI=1S/C15H19NO4/c1-3-20-14(18)9-16(12-6-7-12)15(19)11-5-4-10(2)13(17)8-11/h4-5,8,12,17H,3,6-7,9H2,1-2H3. The van der Waals surface area contributed by atoms with Crippen LogP contribution in [-0.2, 0) is 9.53 Å². The minimum absolute atomic E-state index is 0.0357. The van der Waals surface area contributed by atoms with Crippen molar-refractivity contribution in [2.45, 2.75) is 32.7 Å². The monoisotopic (exact) mass is 277 g/mol. The Morgan fingerprint density at radius 2 is 2.10 bits per heavy atom. The van der Waals surface area contributed by atoms with Crippen LogP contribution in [0.1, 0.15) is 35.7 Å². The van der Waals surface area contributed by atoms with E-state index < -0.39 is 5.97 Å². The summed E-state index contributed by atoms with van der Waals surface area (Å²) in [6.07, 6.45) is 1.81. The number of rotatable bonds is 5. The van der Waals surface area contributed by atoms with Gasteiger partial charge in [-0.05, 0) is 44.4 Å². The second-order valence-corrected chi connectivity index (χ2v) is 4.97. The Morgan fingerprint density at radius 1 is 1.40 bits per heavy atom. The van der Waals surface area contributed by atoms with E-state index in [9.17, 15) is 14.7 Å². The van der Waals surface area contributed by atoms with Crippen LogP contribution in [0.15, 0.2) is 18.2 Å². The lowest BCUT2D eigenvalue weighted by Gasteiger charge is -2.21. The van der Waals surface area contributed by atoms with Crippen LogP contribution in [-0.4, -0.2) is 41.1 Å². The summed E-state index contributed by atoms with van der Waals surface area (Å²) in [4.78, 5) is 25.5. The van der Waals surface area contributed by atoms with Gasteiger partial charge in [-0.15, -0.1) is 0 Å². The smallest absolute Gasteiger partial charge is 0.325 e. The van der Waals surface area contributed by atoms with E-state index in [4.69, 9.17) is 4.74 Å². The number of nitrogens with zero attached hydrogens (tertiary/aromatic N) is 1. The summed E-state index contributed by atoms with van der Waals surface area (Å²) < 4.78 is 4.90. The van der Waals surface area contributed by atoms with Crippen LogP contribution in [0.2, 0.25) is 0 Å². The first-order chi connectivity index (χ1) is 9.52. The minimum atomic E-state index is -0.399. The molecule has 1 fully saturated rings. The maximum Gasteiger partial charge on any atom is 0.325 e. The Hall–Kier alpha value is -2.04. The molecule has 1 aliphatic rings. The molecule has 0 atom stereocenters. The molecule has 20 heavy (non-hydrogen) atoms. The first-order valence-electron chi connectivity index (χ1n) is 6.79. The number of phenols is 1. The molecule has 1 aromatic carbocycles. The molecular weight excluding hydrogens is 258 g/mol. The molecule has 0 aliphatic heterocycles. The van der Waals surface area contributed by atoms with Gasteiger partial charge in [0.2, 0.25) is 0 Å². The van der Waals surface area contributed by atoms with Gasteiger partial charge in [0.05, 0.1) is 6.61 Å². The number of esters is 1. The number of phenolic OH excluding ortho intramolecular Hbond substituents is 1. The third-order valence-corrected chi connectivity index (χ3v) is 3.31. The Bertz CT molecular complexity index is 523. The zero-order chi connectivity index (χ0) is 14.7. The molecule has 0 unspecified atom stereocenters. The van der Waals surface area contributed by atoms with E-state index in [-0.39, 0.29) is 24.2 Å². The van der Waals surface area contributed by atoms with Crippen molar-refractivity contribution in [2.75, 3.05) is 13.2 Å². The van der Waals surface area contributed by atoms with E-state index in [0.29, 0.717) is 17.7 Å². The Balaban J connectivity index is 2.14. The van der Waals surface area contributed by atoms with Crippen molar-refractivity contribution in [1.82, 2.24) is 4.90 Å². The van der Waals surface area contributed by atoms with Gasteiger partial charge in [0.25, 0.3) is 5.91 Å². The topological polar surface area (TPSA) is 66.8 Å². The Labute approximate surface area is 118 Å². The molecule has 1 amide bonds. The van der Waals surface area contributed by atoms with Crippen LogP contribution in [0.4, 0.5) is 0 Å². The van der Waals surface area contributed by atoms with Crippen molar-refractivity contribution in [2.24, 2.45) is 0 Å². The molecule has 1 saturated carbocycles. The number of carbonyl (C=O) groups is 2. The molecule has 0 heterocycles. The number of amides is 1. The van der Waals surface area contributed by atoms with E-state index >= 15 is 0 Å². The number of aromatic hydroxyl groups is 1. The minimum Gasteiger partial charge on any atom is -0.508 e. The van der Waals surface area contributed by atoms with E-state index in [0.717, 1.165) is 12.8 Å². The van der Waals surface area contributed by atoms with E-state index in [1.807, 2.05) is 0 Å². The third-order valence-electron chi connectivity index (χ3n) is 3.31. The van der Waals surface area contributed by atoms with E-state index in [1.165, 1.54) is 11.0 Å². The predicted molar refractivity (Wildman–Crippen MR) is 73.5 cm³/mol. The molecule has 1 aliphatic carbocycles. The molecule has 1 aromatic rings. The first kappa shape index (κ1) is 14.4. The molecule has 0 radical (unpaired) electrons. The van der Waals surface area contributed by atoms with Gasteiger partial charge in [0, 0.05) is 11.6 Å². The highest BCUT2D eigenvalue weighted by Gasteiger charge is 2.34. The summed E-state index contributed by atoms with van der Waals surface area (Å²) in [5.74, 6) is -0.553. The highest BCUT2D eigenvalue weighted by atomic mass is 16.5. The lowest BCUT2D eigenvalue weighted by molar-refractivity contribution is -0.144. The molecule has 0 bridgehead atoms. The van der Waals surface area contributed by atoms with E-state index in [1.54, 1.807) is 26.0 Å². The maximum atomic E-state index is 12.4. The molecule has 0 saturated heterocycles. The number of ether oxygens (including phenoxy) is 1.